The number of pyridine rings is 1. The molecule has 1 aliphatic heterocycles. The molecule has 2 aromatic carbocycles. The van der Waals surface area contributed by atoms with Crippen molar-refractivity contribution in [2.75, 3.05) is 31.0 Å². The number of carbonyl (C=O) groups excluding carboxylic acids is 1. The number of nitrogens with zero attached hydrogens (tertiary/aromatic N) is 5. The number of anilines is 2. The number of hydrogen-bond acceptors (Lipinski definition) is 9. The maximum Gasteiger partial charge on any atom is 0.411 e. The van der Waals surface area contributed by atoms with Crippen LogP contribution in [0.4, 0.5) is 16.4 Å². The minimum atomic E-state index is -0.590. The Morgan fingerprint density at radius 3 is 2.60 bits per heavy atom. The van der Waals surface area contributed by atoms with Gasteiger partial charge in [0.15, 0.2) is 11.3 Å². The highest BCUT2D eigenvalue weighted by atomic mass is 16.5. The molecule has 40 heavy (non-hydrogen) atoms. The first kappa shape index (κ1) is 25.1. The second kappa shape index (κ2) is 10.2. The number of hydrogen-bond donors (Lipinski definition) is 1. The van der Waals surface area contributed by atoms with Crippen LogP contribution in [-0.4, -0.2) is 46.4 Å². The van der Waals surface area contributed by atoms with Gasteiger partial charge in [-0.15, -0.1) is 0 Å². The maximum absolute atomic E-state index is 13.6. The summed E-state index contributed by atoms with van der Waals surface area (Å²) in [5.41, 5.74) is 4.29. The molecular weight excluding hydrogens is 512 g/mol. The Labute approximate surface area is 229 Å². The normalized spacial score (nSPS) is 14.6. The van der Waals surface area contributed by atoms with Gasteiger partial charge in [0.1, 0.15) is 5.52 Å². The van der Waals surface area contributed by atoms with Gasteiger partial charge in [0.25, 0.3) is 11.4 Å². The molecule has 11 nitrogen and oxygen atoms in total. The van der Waals surface area contributed by atoms with Crippen molar-refractivity contribution in [2.24, 2.45) is 7.05 Å². The fourth-order valence-corrected chi connectivity index (χ4v) is 5.06. The summed E-state index contributed by atoms with van der Waals surface area (Å²) < 4.78 is 17.7. The molecule has 4 heterocycles. The van der Waals surface area contributed by atoms with Crippen LogP contribution in [0.15, 0.2) is 76.1 Å². The van der Waals surface area contributed by atoms with Crippen molar-refractivity contribution in [2.45, 2.75) is 12.5 Å². The van der Waals surface area contributed by atoms with Crippen LogP contribution >= 0.6 is 0 Å². The number of amides is 1. The molecule has 0 bridgehead atoms. The number of oxazole rings is 1. The summed E-state index contributed by atoms with van der Waals surface area (Å²) in [6, 6.07) is 18.7. The Kier molecular flexibility index (Phi) is 6.39. The standard InChI is InChI=1S/C29H26N6O5/c1-34-27(36)25(38-2)23(26-32-21-11-7-8-12-22(21)40-26)33-28(34)35-14-13-20-19(24(35)17-9-5-4-6-10-17)15-18(16-30-20)31-29(37)39-3/h4-12,15-16,24H,13-14H2,1-3H3,(H,31,37). The second-order valence-electron chi connectivity index (χ2n) is 9.28. The van der Waals surface area contributed by atoms with E-state index >= 15 is 0 Å². The third-order valence-corrected chi connectivity index (χ3v) is 6.93. The van der Waals surface area contributed by atoms with E-state index in [1.165, 1.54) is 18.8 Å². The van der Waals surface area contributed by atoms with Crippen molar-refractivity contribution in [1.29, 1.82) is 0 Å². The number of aromatic nitrogens is 4. The molecule has 1 amide bonds. The lowest BCUT2D eigenvalue weighted by Gasteiger charge is -2.38. The van der Waals surface area contributed by atoms with Crippen LogP contribution in [0.5, 0.6) is 5.75 Å². The second-order valence-corrected chi connectivity index (χ2v) is 9.28. The predicted octanol–water partition coefficient (Wildman–Crippen LogP) is 4.32. The zero-order valence-electron chi connectivity index (χ0n) is 22.1. The Bertz CT molecular complexity index is 1750. The summed E-state index contributed by atoms with van der Waals surface area (Å²) >= 11 is 0. The van der Waals surface area contributed by atoms with Crippen LogP contribution < -0.4 is 20.5 Å². The molecule has 0 spiro atoms. The van der Waals surface area contributed by atoms with Crippen LogP contribution in [-0.2, 0) is 18.2 Å². The molecule has 1 N–H and O–H groups in total. The zero-order chi connectivity index (χ0) is 27.8. The van der Waals surface area contributed by atoms with E-state index in [0.717, 1.165) is 16.8 Å². The molecule has 0 saturated heterocycles. The monoisotopic (exact) mass is 538 g/mol. The van der Waals surface area contributed by atoms with Crippen molar-refractivity contribution in [3.8, 4) is 17.3 Å². The van der Waals surface area contributed by atoms with E-state index in [0.29, 0.717) is 35.7 Å². The molecule has 1 atom stereocenters. The molecule has 0 radical (unpaired) electrons. The number of fused-ring (bicyclic) bond motifs is 2. The summed E-state index contributed by atoms with van der Waals surface area (Å²) in [5, 5.41) is 2.70. The van der Waals surface area contributed by atoms with Gasteiger partial charge in [-0.3, -0.25) is 19.7 Å². The minimum Gasteiger partial charge on any atom is -0.489 e. The third kappa shape index (κ3) is 4.31. The average Bonchev–Trinajstić information content (AvgIpc) is 3.42. The van der Waals surface area contributed by atoms with Gasteiger partial charge in [-0.25, -0.2) is 14.8 Å². The average molecular weight is 539 g/mol. The topological polar surface area (TPSA) is 125 Å². The number of nitrogens with one attached hydrogen (secondary N) is 1. The van der Waals surface area contributed by atoms with Crippen molar-refractivity contribution >= 4 is 28.8 Å². The van der Waals surface area contributed by atoms with E-state index in [4.69, 9.17) is 18.9 Å². The van der Waals surface area contributed by atoms with E-state index in [-0.39, 0.29) is 28.9 Å². The highest BCUT2D eigenvalue weighted by Crippen LogP contribution is 2.39. The first-order chi connectivity index (χ1) is 19.5. The summed E-state index contributed by atoms with van der Waals surface area (Å²) in [6.07, 6.45) is 1.62. The van der Waals surface area contributed by atoms with E-state index in [1.807, 2.05) is 59.5 Å². The Balaban J connectivity index is 1.53. The van der Waals surface area contributed by atoms with Crippen LogP contribution in [0.2, 0.25) is 0 Å². The van der Waals surface area contributed by atoms with Crippen LogP contribution in [0, 0.1) is 0 Å². The molecular formula is C29H26N6O5. The van der Waals surface area contributed by atoms with Gasteiger partial charge in [-0.2, -0.15) is 0 Å². The van der Waals surface area contributed by atoms with Gasteiger partial charge in [0, 0.05) is 31.3 Å². The van der Waals surface area contributed by atoms with E-state index in [9.17, 15) is 9.59 Å². The summed E-state index contributed by atoms with van der Waals surface area (Å²) in [7, 11) is 4.39. The van der Waals surface area contributed by atoms with Gasteiger partial charge in [-0.05, 0) is 23.8 Å². The van der Waals surface area contributed by atoms with Crippen molar-refractivity contribution in [3.63, 3.8) is 0 Å². The first-order valence-electron chi connectivity index (χ1n) is 12.6. The maximum atomic E-state index is 13.6. The highest BCUT2D eigenvalue weighted by Gasteiger charge is 2.34. The SMILES string of the molecule is COC(=O)Nc1cnc2c(c1)C(c1ccccc1)N(c1nc(-c3nc4ccccc4o3)c(OC)c(=O)n1C)CC2. The third-order valence-electron chi connectivity index (χ3n) is 6.93. The first-order valence-corrected chi connectivity index (χ1v) is 12.6. The Morgan fingerprint density at radius 1 is 1.07 bits per heavy atom. The van der Waals surface area contributed by atoms with Crippen LogP contribution in [0.25, 0.3) is 22.7 Å². The van der Waals surface area contributed by atoms with E-state index < -0.39 is 6.09 Å². The molecule has 11 heteroatoms. The molecule has 1 unspecified atom stereocenters. The summed E-state index contributed by atoms with van der Waals surface area (Å²) in [6.45, 7) is 0.531. The molecule has 3 aromatic heterocycles. The van der Waals surface area contributed by atoms with Crippen molar-refractivity contribution < 1.29 is 18.7 Å². The quantitative estimate of drug-likeness (QED) is 0.348. The highest BCUT2D eigenvalue weighted by molar-refractivity contribution is 5.84. The van der Waals surface area contributed by atoms with Crippen LogP contribution in [0.1, 0.15) is 22.9 Å². The molecule has 0 saturated carbocycles. The lowest BCUT2D eigenvalue weighted by atomic mass is 9.91. The molecule has 0 fully saturated rings. The van der Waals surface area contributed by atoms with E-state index in [2.05, 4.69) is 15.3 Å². The van der Waals surface area contributed by atoms with Crippen molar-refractivity contribution in [3.05, 3.63) is 94.0 Å². The Morgan fingerprint density at radius 2 is 1.85 bits per heavy atom. The molecule has 5 aromatic rings. The largest absolute Gasteiger partial charge is 0.489 e. The minimum absolute atomic E-state index is 0.0395. The molecule has 0 aliphatic carbocycles. The number of benzene rings is 2. The fourth-order valence-electron chi connectivity index (χ4n) is 5.06. The molecule has 6 rings (SSSR count). The number of methoxy groups -OCH3 is 2. The number of ether oxygens (including phenoxy) is 2. The zero-order valence-corrected chi connectivity index (χ0v) is 22.1. The summed E-state index contributed by atoms with van der Waals surface area (Å²) in [5.74, 6) is 0.642. The molecule has 1 aliphatic rings. The number of rotatable bonds is 5. The number of para-hydroxylation sites is 2. The van der Waals surface area contributed by atoms with Gasteiger partial charge in [-0.1, -0.05) is 42.5 Å². The van der Waals surface area contributed by atoms with E-state index in [1.54, 1.807) is 19.3 Å². The van der Waals surface area contributed by atoms with Gasteiger partial charge < -0.3 is 18.8 Å². The molecule has 202 valence electrons. The predicted molar refractivity (Wildman–Crippen MR) is 149 cm³/mol. The van der Waals surface area contributed by atoms with Crippen molar-refractivity contribution in [1.82, 2.24) is 19.5 Å². The lowest BCUT2D eigenvalue weighted by molar-refractivity contribution is 0.187. The van der Waals surface area contributed by atoms with Gasteiger partial charge >= 0.3 is 6.09 Å². The van der Waals surface area contributed by atoms with Gasteiger partial charge in [0.05, 0.1) is 32.1 Å². The Hall–Kier alpha value is -5.19. The number of carbonyl (C=O) groups is 1. The smallest absolute Gasteiger partial charge is 0.411 e. The van der Waals surface area contributed by atoms with Gasteiger partial charge in [0.2, 0.25) is 11.7 Å². The van der Waals surface area contributed by atoms with Crippen LogP contribution in [0.3, 0.4) is 0 Å². The lowest BCUT2D eigenvalue weighted by Crippen LogP contribution is -2.40. The fraction of sp³-hybridized carbons (Fsp3) is 0.207. The summed E-state index contributed by atoms with van der Waals surface area (Å²) in [4.78, 5) is 41.7.